The fourth-order valence-corrected chi connectivity index (χ4v) is 4.87. The number of benzene rings is 1. The fraction of sp³-hybridized carbons (Fsp3) is 0.739. The maximum absolute atomic E-state index is 14.5. The Bertz CT molecular complexity index is 590. The average molecular weight is 365 g/mol. The van der Waals surface area contributed by atoms with Crippen LogP contribution in [-0.2, 0) is 12.8 Å². The zero-order valence-electron chi connectivity index (χ0n) is 16.5. The van der Waals surface area contributed by atoms with Crippen molar-refractivity contribution >= 4 is 0 Å². The van der Waals surface area contributed by atoms with E-state index in [0.29, 0.717) is 12.0 Å². The number of halogens is 2. The van der Waals surface area contributed by atoms with Gasteiger partial charge in [-0.15, -0.1) is 0 Å². The standard InChI is InChI=1S/C23H34F2O/c1-3-5-16-7-9-17(10-8-16)11-13-20-14-12-19-15-18(6-4-2)21(24)22(25)23(19)26-20/h15-17,20H,3-14H2,1-2H3. The lowest BCUT2D eigenvalue weighted by molar-refractivity contribution is 0.137. The maximum atomic E-state index is 14.5. The van der Waals surface area contributed by atoms with E-state index in [1.54, 1.807) is 0 Å². The van der Waals surface area contributed by atoms with E-state index in [4.69, 9.17) is 4.74 Å². The largest absolute Gasteiger partial charge is 0.487 e. The van der Waals surface area contributed by atoms with Crippen LogP contribution in [0.25, 0.3) is 0 Å². The molecule has 1 nitrogen and oxygen atoms in total. The molecule has 0 N–H and O–H groups in total. The third kappa shape index (κ3) is 4.58. The molecular formula is C23H34F2O. The lowest BCUT2D eigenvalue weighted by Crippen LogP contribution is -2.25. The van der Waals surface area contributed by atoms with E-state index in [2.05, 4.69) is 6.92 Å². The summed E-state index contributed by atoms with van der Waals surface area (Å²) in [6.07, 6.45) is 13.4. The normalized spacial score (nSPS) is 25.6. The van der Waals surface area contributed by atoms with E-state index < -0.39 is 11.6 Å². The Labute approximate surface area is 157 Å². The molecule has 1 aromatic carbocycles. The van der Waals surface area contributed by atoms with Crippen LogP contribution in [-0.4, -0.2) is 6.10 Å². The molecule has 1 unspecified atom stereocenters. The molecule has 0 aromatic heterocycles. The first-order chi connectivity index (χ1) is 12.6. The highest BCUT2D eigenvalue weighted by Crippen LogP contribution is 2.37. The first-order valence-electron chi connectivity index (χ1n) is 10.8. The molecule has 2 aliphatic rings. The molecule has 1 aliphatic heterocycles. The summed E-state index contributed by atoms with van der Waals surface area (Å²) in [6.45, 7) is 4.26. The van der Waals surface area contributed by atoms with E-state index in [1.807, 2.05) is 13.0 Å². The highest BCUT2D eigenvalue weighted by molar-refractivity contribution is 5.41. The number of aryl methyl sites for hydroxylation is 2. The van der Waals surface area contributed by atoms with Crippen molar-refractivity contribution in [3.05, 3.63) is 28.8 Å². The molecule has 1 saturated carbocycles. The molecule has 3 heteroatoms. The summed E-state index contributed by atoms with van der Waals surface area (Å²) >= 11 is 0. The summed E-state index contributed by atoms with van der Waals surface area (Å²) in [6, 6.07) is 1.82. The van der Waals surface area contributed by atoms with Gasteiger partial charge < -0.3 is 4.74 Å². The van der Waals surface area contributed by atoms with Crippen LogP contribution in [0.5, 0.6) is 5.75 Å². The van der Waals surface area contributed by atoms with Crippen molar-refractivity contribution in [2.24, 2.45) is 11.8 Å². The van der Waals surface area contributed by atoms with Crippen molar-refractivity contribution in [1.29, 1.82) is 0 Å². The monoisotopic (exact) mass is 364 g/mol. The van der Waals surface area contributed by atoms with E-state index in [9.17, 15) is 8.78 Å². The Hall–Kier alpha value is -1.12. The fourth-order valence-electron chi connectivity index (χ4n) is 4.87. The van der Waals surface area contributed by atoms with Gasteiger partial charge in [0.25, 0.3) is 0 Å². The highest BCUT2D eigenvalue weighted by atomic mass is 19.2. The minimum atomic E-state index is -0.768. The predicted molar refractivity (Wildman–Crippen MR) is 103 cm³/mol. The van der Waals surface area contributed by atoms with Crippen molar-refractivity contribution in [2.45, 2.75) is 97.0 Å². The van der Waals surface area contributed by atoms with Gasteiger partial charge in [-0.25, -0.2) is 4.39 Å². The van der Waals surface area contributed by atoms with Crippen LogP contribution >= 0.6 is 0 Å². The molecule has 0 saturated heterocycles. The molecule has 0 spiro atoms. The van der Waals surface area contributed by atoms with Crippen LogP contribution in [0.4, 0.5) is 8.78 Å². The second-order valence-electron chi connectivity index (χ2n) is 8.43. The summed E-state index contributed by atoms with van der Waals surface area (Å²) in [4.78, 5) is 0. The number of rotatable bonds is 7. The van der Waals surface area contributed by atoms with Gasteiger partial charge in [-0.2, -0.15) is 4.39 Å². The lowest BCUT2D eigenvalue weighted by atomic mass is 9.78. The quantitative estimate of drug-likeness (QED) is 0.506. The van der Waals surface area contributed by atoms with E-state index in [0.717, 1.165) is 49.5 Å². The van der Waals surface area contributed by atoms with E-state index >= 15 is 0 Å². The average Bonchev–Trinajstić information content (AvgIpc) is 2.66. The summed E-state index contributed by atoms with van der Waals surface area (Å²) in [5.74, 6) is 0.437. The molecule has 0 bridgehead atoms. The lowest BCUT2D eigenvalue weighted by Gasteiger charge is -2.31. The Morgan fingerprint density at radius 1 is 0.885 bits per heavy atom. The molecule has 1 atom stereocenters. The van der Waals surface area contributed by atoms with E-state index in [-0.39, 0.29) is 11.9 Å². The Balaban J connectivity index is 1.53. The SMILES string of the molecule is CCCc1cc2c(c(F)c1F)OC(CCC1CCC(CCC)CC1)CC2. The van der Waals surface area contributed by atoms with Crippen molar-refractivity contribution in [3.63, 3.8) is 0 Å². The van der Waals surface area contributed by atoms with Gasteiger partial charge in [0.1, 0.15) is 0 Å². The minimum Gasteiger partial charge on any atom is -0.487 e. The number of ether oxygens (including phenoxy) is 1. The first-order valence-corrected chi connectivity index (χ1v) is 10.8. The van der Waals surface area contributed by atoms with Crippen LogP contribution in [0.2, 0.25) is 0 Å². The van der Waals surface area contributed by atoms with Gasteiger partial charge in [0.2, 0.25) is 5.82 Å². The number of fused-ring (bicyclic) bond motifs is 1. The third-order valence-corrected chi connectivity index (χ3v) is 6.41. The summed E-state index contributed by atoms with van der Waals surface area (Å²) < 4.78 is 34.6. The van der Waals surface area contributed by atoms with Gasteiger partial charge in [-0.1, -0.05) is 58.8 Å². The molecule has 1 aliphatic carbocycles. The van der Waals surface area contributed by atoms with Crippen LogP contribution in [0, 0.1) is 23.5 Å². The number of hydrogen-bond acceptors (Lipinski definition) is 1. The zero-order chi connectivity index (χ0) is 18.5. The van der Waals surface area contributed by atoms with Gasteiger partial charge in [-0.3, -0.25) is 0 Å². The van der Waals surface area contributed by atoms with Crippen molar-refractivity contribution in [1.82, 2.24) is 0 Å². The Kier molecular flexibility index (Phi) is 6.94. The molecule has 26 heavy (non-hydrogen) atoms. The Morgan fingerprint density at radius 2 is 1.58 bits per heavy atom. The van der Waals surface area contributed by atoms with E-state index in [1.165, 1.54) is 38.5 Å². The zero-order valence-corrected chi connectivity index (χ0v) is 16.5. The van der Waals surface area contributed by atoms with Crippen LogP contribution in [0.1, 0.15) is 89.2 Å². The van der Waals surface area contributed by atoms with Gasteiger partial charge in [0.05, 0.1) is 6.10 Å². The third-order valence-electron chi connectivity index (χ3n) is 6.41. The van der Waals surface area contributed by atoms with Crippen LogP contribution in [0.15, 0.2) is 6.07 Å². The number of hydrogen-bond donors (Lipinski definition) is 0. The Morgan fingerprint density at radius 3 is 2.23 bits per heavy atom. The summed E-state index contributed by atoms with van der Waals surface area (Å²) in [5, 5.41) is 0. The second-order valence-corrected chi connectivity index (χ2v) is 8.43. The highest BCUT2D eigenvalue weighted by Gasteiger charge is 2.28. The molecule has 1 heterocycles. The van der Waals surface area contributed by atoms with Gasteiger partial charge in [-0.05, 0) is 61.1 Å². The van der Waals surface area contributed by atoms with Gasteiger partial charge in [0.15, 0.2) is 11.6 Å². The summed E-state index contributed by atoms with van der Waals surface area (Å²) in [7, 11) is 0. The molecule has 1 fully saturated rings. The van der Waals surface area contributed by atoms with Crippen molar-refractivity contribution in [3.8, 4) is 5.75 Å². The topological polar surface area (TPSA) is 9.23 Å². The maximum Gasteiger partial charge on any atom is 0.201 e. The smallest absolute Gasteiger partial charge is 0.201 e. The van der Waals surface area contributed by atoms with Gasteiger partial charge >= 0.3 is 0 Å². The van der Waals surface area contributed by atoms with Gasteiger partial charge in [0, 0.05) is 0 Å². The predicted octanol–water partition coefficient (Wildman–Crippen LogP) is 7.00. The first kappa shape index (κ1) is 19.6. The molecule has 146 valence electrons. The van der Waals surface area contributed by atoms with Crippen LogP contribution in [0.3, 0.4) is 0 Å². The second kappa shape index (κ2) is 9.19. The molecule has 0 radical (unpaired) electrons. The molecule has 0 amide bonds. The van der Waals surface area contributed by atoms with Crippen molar-refractivity contribution < 1.29 is 13.5 Å². The molecule has 3 rings (SSSR count). The van der Waals surface area contributed by atoms with Crippen molar-refractivity contribution in [2.75, 3.05) is 0 Å². The molecular weight excluding hydrogens is 330 g/mol. The van der Waals surface area contributed by atoms with Crippen LogP contribution < -0.4 is 4.74 Å². The molecule has 1 aromatic rings. The minimum absolute atomic E-state index is 0.0433. The summed E-state index contributed by atoms with van der Waals surface area (Å²) in [5.41, 5.74) is 1.35.